The third kappa shape index (κ3) is 4.49. The van der Waals surface area contributed by atoms with Crippen LogP contribution in [0.1, 0.15) is 12.5 Å². The molecule has 0 aliphatic heterocycles. The maximum Gasteiger partial charge on any atom is 0.223 e. The van der Waals surface area contributed by atoms with Crippen molar-refractivity contribution in [3.8, 4) is 17.2 Å². The Morgan fingerprint density at radius 3 is 2.35 bits per heavy atom. The van der Waals surface area contributed by atoms with E-state index in [9.17, 15) is 4.79 Å². The fourth-order valence-corrected chi connectivity index (χ4v) is 3.56. The van der Waals surface area contributed by atoms with Gasteiger partial charge in [-0.1, -0.05) is 23.1 Å². The molecule has 124 valence electrons. The van der Waals surface area contributed by atoms with Gasteiger partial charge in [0.2, 0.25) is 16.8 Å². The van der Waals surface area contributed by atoms with Crippen molar-refractivity contribution in [2.45, 2.75) is 17.0 Å². The minimum atomic E-state index is -0.165. The summed E-state index contributed by atoms with van der Waals surface area (Å²) in [6.07, 6.45) is 0. The number of hydrogen-bond acceptors (Lipinski definition) is 8. The standard InChI is InChI=1S/C14H17N3O4S2/c1-8(18)15-13-16-17-14(23-13)22-7-9-5-10(19-2)12(21-4)11(6-9)20-3/h5-6H,7H2,1-4H3,(H,15,16,18). The van der Waals surface area contributed by atoms with Crippen molar-refractivity contribution in [1.29, 1.82) is 0 Å². The molecular formula is C14H17N3O4S2. The van der Waals surface area contributed by atoms with E-state index >= 15 is 0 Å². The van der Waals surface area contributed by atoms with Crippen LogP contribution in [0.2, 0.25) is 0 Å². The first kappa shape index (κ1) is 17.4. The van der Waals surface area contributed by atoms with Crippen LogP contribution in [0.25, 0.3) is 0 Å². The monoisotopic (exact) mass is 355 g/mol. The first-order valence-corrected chi connectivity index (χ1v) is 8.40. The predicted molar refractivity (Wildman–Crippen MR) is 89.9 cm³/mol. The maximum absolute atomic E-state index is 11.0. The fraction of sp³-hybridized carbons (Fsp3) is 0.357. The highest BCUT2D eigenvalue weighted by Crippen LogP contribution is 2.39. The van der Waals surface area contributed by atoms with Gasteiger partial charge in [0, 0.05) is 12.7 Å². The van der Waals surface area contributed by atoms with Gasteiger partial charge in [-0.25, -0.2) is 0 Å². The third-order valence-corrected chi connectivity index (χ3v) is 4.82. The van der Waals surface area contributed by atoms with Gasteiger partial charge >= 0.3 is 0 Å². The Labute approximate surface area is 142 Å². The molecule has 0 saturated heterocycles. The van der Waals surface area contributed by atoms with E-state index in [0.29, 0.717) is 28.1 Å². The van der Waals surface area contributed by atoms with Crippen molar-refractivity contribution in [3.05, 3.63) is 17.7 Å². The first-order valence-electron chi connectivity index (χ1n) is 6.60. The van der Waals surface area contributed by atoms with Gasteiger partial charge in [-0.2, -0.15) is 0 Å². The summed E-state index contributed by atoms with van der Waals surface area (Å²) in [6.45, 7) is 1.43. The molecule has 0 bridgehead atoms. The number of nitrogens with one attached hydrogen (secondary N) is 1. The summed E-state index contributed by atoms with van der Waals surface area (Å²) >= 11 is 2.84. The van der Waals surface area contributed by atoms with Crippen molar-refractivity contribution < 1.29 is 19.0 Å². The van der Waals surface area contributed by atoms with Gasteiger partial charge < -0.3 is 19.5 Å². The number of amides is 1. The van der Waals surface area contributed by atoms with Gasteiger partial charge in [0.1, 0.15) is 0 Å². The lowest BCUT2D eigenvalue weighted by Gasteiger charge is -2.13. The van der Waals surface area contributed by atoms with Crippen molar-refractivity contribution in [2.75, 3.05) is 26.6 Å². The number of benzene rings is 1. The van der Waals surface area contributed by atoms with Gasteiger partial charge in [0.15, 0.2) is 15.8 Å². The summed E-state index contributed by atoms with van der Waals surface area (Å²) in [4.78, 5) is 11.0. The summed E-state index contributed by atoms with van der Waals surface area (Å²) in [5.41, 5.74) is 1.00. The van der Waals surface area contributed by atoms with E-state index in [1.807, 2.05) is 12.1 Å². The van der Waals surface area contributed by atoms with E-state index in [1.54, 1.807) is 21.3 Å². The lowest BCUT2D eigenvalue weighted by Crippen LogP contribution is -2.04. The lowest BCUT2D eigenvalue weighted by molar-refractivity contribution is -0.114. The first-order chi connectivity index (χ1) is 11.1. The maximum atomic E-state index is 11.0. The Hall–Kier alpha value is -2.00. The predicted octanol–water partition coefficient (Wildman–Crippen LogP) is 2.81. The van der Waals surface area contributed by atoms with Crippen LogP contribution in [-0.2, 0) is 10.5 Å². The number of methoxy groups -OCH3 is 3. The second-order valence-electron chi connectivity index (χ2n) is 4.38. The molecule has 0 saturated carbocycles. The molecular weight excluding hydrogens is 338 g/mol. The van der Waals surface area contributed by atoms with Gasteiger partial charge in [-0.3, -0.25) is 4.79 Å². The Bertz CT molecular complexity index is 665. The minimum Gasteiger partial charge on any atom is -0.493 e. The quantitative estimate of drug-likeness (QED) is 0.604. The molecule has 0 fully saturated rings. The van der Waals surface area contributed by atoms with Gasteiger partial charge in [-0.15, -0.1) is 10.2 Å². The minimum absolute atomic E-state index is 0.165. The molecule has 2 aromatic rings. The molecule has 0 aliphatic carbocycles. The number of carbonyl (C=O) groups excluding carboxylic acids is 1. The van der Waals surface area contributed by atoms with Crippen LogP contribution in [-0.4, -0.2) is 37.4 Å². The normalized spacial score (nSPS) is 10.3. The van der Waals surface area contributed by atoms with Crippen molar-refractivity contribution in [3.63, 3.8) is 0 Å². The second kappa shape index (κ2) is 8.02. The van der Waals surface area contributed by atoms with E-state index in [2.05, 4.69) is 15.5 Å². The lowest BCUT2D eigenvalue weighted by atomic mass is 10.2. The Morgan fingerprint density at radius 1 is 1.17 bits per heavy atom. The van der Waals surface area contributed by atoms with Crippen molar-refractivity contribution in [2.24, 2.45) is 0 Å². The number of aromatic nitrogens is 2. The van der Waals surface area contributed by atoms with Crippen LogP contribution in [0, 0.1) is 0 Å². The molecule has 0 unspecified atom stereocenters. The van der Waals surface area contributed by atoms with Gasteiger partial charge in [0.25, 0.3) is 0 Å². The van der Waals surface area contributed by atoms with Crippen LogP contribution in [0.5, 0.6) is 17.2 Å². The molecule has 7 nitrogen and oxygen atoms in total. The number of ether oxygens (including phenoxy) is 3. The summed E-state index contributed by atoms with van der Waals surface area (Å²) < 4.78 is 16.7. The van der Waals surface area contributed by atoms with Crippen LogP contribution in [0.4, 0.5) is 5.13 Å². The molecule has 23 heavy (non-hydrogen) atoms. The average Bonchev–Trinajstić information content (AvgIpc) is 2.98. The molecule has 1 amide bonds. The second-order valence-corrected chi connectivity index (χ2v) is 6.58. The molecule has 9 heteroatoms. The van der Waals surface area contributed by atoms with E-state index in [1.165, 1.54) is 30.0 Å². The highest BCUT2D eigenvalue weighted by Gasteiger charge is 2.14. The van der Waals surface area contributed by atoms with Gasteiger partial charge in [-0.05, 0) is 17.7 Å². The fourth-order valence-electron chi connectivity index (χ4n) is 1.83. The SMILES string of the molecule is COc1cc(CSc2nnc(NC(C)=O)s2)cc(OC)c1OC. The molecule has 0 atom stereocenters. The van der Waals surface area contributed by atoms with Crippen LogP contribution < -0.4 is 19.5 Å². The summed E-state index contributed by atoms with van der Waals surface area (Å²) in [5.74, 6) is 2.28. The molecule has 1 heterocycles. The molecule has 0 spiro atoms. The number of nitrogens with zero attached hydrogens (tertiary/aromatic N) is 2. The van der Waals surface area contributed by atoms with Crippen molar-refractivity contribution >= 4 is 34.1 Å². The Morgan fingerprint density at radius 2 is 1.83 bits per heavy atom. The van der Waals surface area contributed by atoms with Crippen molar-refractivity contribution in [1.82, 2.24) is 10.2 Å². The summed E-state index contributed by atoms with van der Waals surface area (Å²) in [5, 5.41) is 11.0. The Balaban J connectivity index is 2.11. The zero-order valence-corrected chi connectivity index (χ0v) is 14.8. The highest BCUT2D eigenvalue weighted by atomic mass is 32.2. The van der Waals surface area contributed by atoms with Gasteiger partial charge in [0.05, 0.1) is 21.3 Å². The zero-order valence-electron chi connectivity index (χ0n) is 13.2. The number of anilines is 1. The average molecular weight is 355 g/mol. The largest absolute Gasteiger partial charge is 0.493 e. The molecule has 0 radical (unpaired) electrons. The summed E-state index contributed by atoms with van der Waals surface area (Å²) in [6, 6.07) is 3.79. The molecule has 0 aliphatic rings. The third-order valence-electron chi connectivity index (χ3n) is 2.78. The Kier molecular flexibility index (Phi) is 6.05. The molecule has 1 N–H and O–H groups in total. The van der Waals surface area contributed by atoms with E-state index in [0.717, 1.165) is 9.90 Å². The smallest absolute Gasteiger partial charge is 0.223 e. The van der Waals surface area contributed by atoms with Crippen LogP contribution >= 0.6 is 23.1 Å². The number of hydrogen-bond donors (Lipinski definition) is 1. The number of rotatable bonds is 7. The molecule has 1 aromatic carbocycles. The number of thioether (sulfide) groups is 1. The van der Waals surface area contributed by atoms with E-state index < -0.39 is 0 Å². The van der Waals surface area contributed by atoms with E-state index in [4.69, 9.17) is 14.2 Å². The molecule has 2 rings (SSSR count). The highest BCUT2D eigenvalue weighted by molar-refractivity contribution is 8.00. The van der Waals surface area contributed by atoms with Crippen LogP contribution in [0.15, 0.2) is 16.5 Å². The van der Waals surface area contributed by atoms with E-state index in [-0.39, 0.29) is 5.91 Å². The molecule has 1 aromatic heterocycles. The zero-order chi connectivity index (χ0) is 16.8. The van der Waals surface area contributed by atoms with Crippen LogP contribution in [0.3, 0.4) is 0 Å². The topological polar surface area (TPSA) is 82.6 Å². The summed E-state index contributed by atoms with van der Waals surface area (Å²) in [7, 11) is 4.73. The number of carbonyl (C=O) groups is 1.